The van der Waals surface area contributed by atoms with Crippen LogP contribution in [0.1, 0.15) is 5.56 Å². The number of aromatic hydroxyl groups is 6. The van der Waals surface area contributed by atoms with Gasteiger partial charge in [-0.2, -0.15) is 0 Å². The lowest BCUT2D eigenvalue weighted by Crippen LogP contribution is -2.61. The fourth-order valence-corrected chi connectivity index (χ4v) is 4.49. The molecule has 226 valence electrons. The lowest BCUT2D eigenvalue weighted by Gasteiger charge is -2.41. The molecular formula is C28H24O15. The molecule has 1 aliphatic heterocycles. The molecule has 0 unspecified atom stereocenters. The van der Waals surface area contributed by atoms with Crippen molar-refractivity contribution in [2.24, 2.45) is 0 Å². The van der Waals surface area contributed by atoms with Crippen molar-refractivity contribution in [3.05, 3.63) is 58.3 Å². The molecule has 0 radical (unpaired) electrons. The Morgan fingerprint density at radius 3 is 2.23 bits per heavy atom. The lowest BCUT2D eigenvalue weighted by molar-refractivity contribution is -0.280. The van der Waals surface area contributed by atoms with Crippen LogP contribution in [0.3, 0.4) is 0 Å². The van der Waals surface area contributed by atoms with E-state index in [1.54, 1.807) is 0 Å². The largest absolute Gasteiger partial charge is 0.504 e. The summed E-state index contributed by atoms with van der Waals surface area (Å²) < 4.78 is 21.5. The van der Waals surface area contributed by atoms with E-state index in [0.717, 1.165) is 30.3 Å². The first-order valence-electron chi connectivity index (χ1n) is 12.5. The number of rotatable bonds is 6. The number of ether oxygens (including phenoxy) is 3. The molecule has 2 heterocycles. The number of hydrogen-bond acceptors (Lipinski definition) is 15. The van der Waals surface area contributed by atoms with Crippen LogP contribution in [0, 0.1) is 0 Å². The molecule has 3 aromatic carbocycles. The molecule has 43 heavy (non-hydrogen) atoms. The molecule has 4 aromatic rings. The summed E-state index contributed by atoms with van der Waals surface area (Å²) >= 11 is 0. The fourth-order valence-electron chi connectivity index (χ4n) is 4.49. The van der Waals surface area contributed by atoms with Crippen molar-refractivity contribution >= 4 is 34.0 Å². The highest BCUT2D eigenvalue weighted by molar-refractivity contribution is 5.96. The highest BCUT2D eigenvalue weighted by Gasteiger charge is 2.48. The first-order valence-corrected chi connectivity index (χ1v) is 12.5. The normalized spacial score (nSPS) is 22.3. The van der Waals surface area contributed by atoms with Gasteiger partial charge in [0.1, 0.15) is 28.8 Å². The second-order valence-corrected chi connectivity index (χ2v) is 9.52. The number of fused-ring (bicyclic) bond motifs is 2. The van der Waals surface area contributed by atoms with Crippen LogP contribution in [0.5, 0.6) is 40.2 Å². The highest BCUT2D eigenvalue weighted by Crippen LogP contribution is 2.44. The molecule has 1 aliphatic rings. The van der Waals surface area contributed by atoms with Crippen LogP contribution < -0.4 is 10.2 Å². The zero-order valence-electron chi connectivity index (χ0n) is 21.7. The molecule has 0 amide bonds. The molecule has 15 heteroatoms. The minimum Gasteiger partial charge on any atom is -0.504 e. The molecule has 0 aliphatic carbocycles. The first kappa shape index (κ1) is 29.3. The van der Waals surface area contributed by atoms with E-state index in [4.69, 9.17) is 18.6 Å². The van der Waals surface area contributed by atoms with E-state index >= 15 is 0 Å². The Labute approximate surface area is 239 Å². The third kappa shape index (κ3) is 5.40. The van der Waals surface area contributed by atoms with Gasteiger partial charge in [0.15, 0.2) is 46.7 Å². The number of aliphatic hydroxyl groups excluding tert-OH is 3. The molecule has 0 saturated carbocycles. The number of phenolic OH excluding ortho intramolecular Hbond substituents is 6. The monoisotopic (exact) mass is 600 g/mol. The lowest BCUT2D eigenvalue weighted by atomic mass is 9.99. The number of benzene rings is 3. The third-order valence-corrected chi connectivity index (χ3v) is 6.69. The Balaban J connectivity index is 1.44. The van der Waals surface area contributed by atoms with Gasteiger partial charge in [-0.1, -0.05) is 6.07 Å². The predicted octanol–water partition coefficient (Wildman–Crippen LogP) is 0.623. The minimum absolute atomic E-state index is 0.174. The van der Waals surface area contributed by atoms with Gasteiger partial charge in [0, 0.05) is 18.2 Å². The van der Waals surface area contributed by atoms with Gasteiger partial charge >= 0.3 is 5.97 Å². The Hall–Kier alpha value is -5.22. The molecule has 1 fully saturated rings. The summed E-state index contributed by atoms with van der Waals surface area (Å²) in [5, 5.41) is 90.3. The Morgan fingerprint density at radius 2 is 1.53 bits per heavy atom. The van der Waals surface area contributed by atoms with Crippen LogP contribution in [0.2, 0.25) is 0 Å². The molecular weight excluding hydrogens is 576 g/mol. The van der Waals surface area contributed by atoms with Crippen LogP contribution in [0.15, 0.2) is 51.7 Å². The molecule has 5 atom stereocenters. The van der Waals surface area contributed by atoms with Crippen molar-refractivity contribution in [1.29, 1.82) is 0 Å². The van der Waals surface area contributed by atoms with Gasteiger partial charge in [-0.05, 0) is 29.8 Å². The smallest absolute Gasteiger partial charge is 0.331 e. The van der Waals surface area contributed by atoms with E-state index in [1.807, 2.05) is 0 Å². The summed E-state index contributed by atoms with van der Waals surface area (Å²) in [5.74, 6) is -5.68. The van der Waals surface area contributed by atoms with Crippen molar-refractivity contribution in [2.75, 3.05) is 6.61 Å². The third-order valence-electron chi connectivity index (χ3n) is 6.69. The number of carbonyl (C=O) groups excluding carboxylic acids is 1. The van der Waals surface area contributed by atoms with Crippen LogP contribution in [-0.2, 0) is 14.3 Å². The maximum Gasteiger partial charge on any atom is 0.331 e. The van der Waals surface area contributed by atoms with Crippen LogP contribution >= 0.6 is 0 Å². The number of carbonyl (C=O) groups is 1. The number of esters is 1. The van der Waals surface area contributed by atoms with Gasteiger partial charge in [0.25, 0.3) is 0 Å². The van der Waals surface area contributed by atoms with E-state index in [9.17, 15) is 55.5 Å². The van der Waals surface area contributed by atoms with Gasteiger partial charge in [0.05, 0.1) is 12.0 Å². The fraction of sp³-hybridized carbons (Fsp3) is 0.214. The van der Waals surface area contributed by atoms with E-state index in [2.05, 4.69) is 0 Å². The van der Waals surface area contributed by atoms with E-state index in [0.29, 0.717) is 5.56 Å². The van der Waals surface area contributed by atoms with Crippen LogP contribution in [0.4, 0.5) is 0 Å². The number of hydrogen-bond donors (Lipinski definition) is 9. The predicted molar refractivity (Wildman–Crippen MR) is 144 cm³/mol. The topological polar surface area (TPSA) is 257 Å². The zero-order chi connectivity index (χ0) is 31.2. The quantitative estimate of drug-likeness (QED) is 0.0636. The maximum atomic E-state index is 13.1. The van der Waals surface area contributed by atoms with Crippen molar-refractivity contribution in [3.8, 4) is 40.2 Å². The second-order valence-electron chi connectivity index (χ2n) is 9.52. The standard InChI is InChI=1S/C28H24O15/c29-9-19-23(37)27(42-20(35)4-2-10-1-3-12(30)13(31)5-10)25(39)28(41-19)43-26-16(34)8-18-21(24(26)38)22(36)11-6-14(32)15(33)7-17(11)40-18/h1-8,19,23,25,27-34,37-39H,9H2/b4-2+/t19-,23-,25-,27+,28+/m1/s1. The summed E-state index contributed by atoms with van der Waals surface area (Å²) in [6, 6.07) is 6.47. The van der Waals surface area contributed by atoms with Gasteiger partial charge in [-0.25, -0.2) is 4.79 Å². The van der Waals surface area contributed by atoms with Gasteiger partial charge in [-0.3, -0.25) is 4.79 Å². The molecule has 0 bridgehead atoms. The average Bonchev–Trinajstić information content (AvgIpc) is 2.96. The summed E-state index contributed by atoms with van der Waals surface area (Å²) in [7, 11) is 0. The summed E-state index contributed by atoms with van der Waals surface area (Å²) in [6.45, 7) is -0.841. The Morgan fingerprint density at radius 1 is 0.860 bits per heavy atom. The summed E-state index contributed by atoms with van der Waals surface area (Å²) in [5.41, 5.74) is -1.10. The number of aliphatic hydroxyl groups is 3. The van der Waals surface area contributed by atoms with Crippen LogP contribution in [0.25, 0.3) is 28.0 Å². The minimum atomic E-state index is -1.98. The maximum absolute atomic E-state index is 13.1. The molecule has 1 saturated heterocycles. The van der Waals surface area contributed by atoms with Gasteiger partial charge in [-0.15, -0.1) is 0 Å². The SMILES string of the molecule is O=C(/C=C/c1ccc(O)c(O)c1)O[C@@H]1[C@@H](O)[C@H](Oc2c(O)cc3oc4cc(O)c(O)cc4c(=O)c3c2O)O[C@H](CO)[C@H]1O. The second kappa shape index (κ2) is 11.2. The zero-order valence-corrected chi connectivity index (χ0v) is 21.7. The first-order chi connectivity index (χ1) is 20.4. The number of phenols is 6. The summed E-state index contributed by atoms with van der Waals surface area (Å²) in [4.78, 5) is 25.6. The van der Waals surface area contributed by atoms with Gasteiger partial charge in [0.2, 0.25) is 17.5 Å². The molecule has 1 aromatic heterocycles. The Kier molecular flexibility index (Phi) is 7.64. The highest BCUT2D eigenvalue weighted by atomic mass is 16.7. The summed E-state index contributed by atoms with van der Waals surface area (Å²) in [6.07, 6.45) is -6.79. The van der Waals surface area contributed by atoms with E-state index < -0.39 is 88.6 Å². The van der Waals surface area contributed by atoms with Crippen LogP contribution in [-0.4, -0.2) is 89.2 Å². The van der Waals surface area contributed by atoms with Crippen molar-refractivity contribution in [1.82, 2.24) is 0 Å². The molecule has 5 rings (SSSR count). The van der Waals surface area contributed by atoms with Crippen molar-refractivity contribution in [2.45, 2.75) is 30.7 Å². The molecule has 0 spiro atoms. The van der Waals surface area contributed by atoms with Crippen molar-refractivity contribution in [3.63, 3.8) is 0 Å². The van der Waals surface area contributed by atoms with E-state index in [-0.39, 0.29) is 22.3 Å². The average molecular weight is 600 g/mol. The van der Waals surface area contributed by atoms with Gasteiger partial charge < -0.3 is 64.6 Å². The van der Waals surface area contributed by atoms with Crippen molar-refractivity contribution < 1.29 is 69.4 Å². The Bertz CT molecular complexity index is 1810. The van der Waals surface area contributed by atoms with E-state index in [1.165, 1.54) is 18.2 Å². The molecule has 15 nitrogen and oxygen atoms in total. The molecule has 9 N–H and O–H groups in total.